The van der Waals surface area contributed by atoms with E-state index >= 15 is 0 Å². The molecule has 6 N–H and O–H groups in total. The Bertz CT molecular complexity index is 940. The summed E-state index contributed by atoms with van der Waals surface area (Å²) >= 11 is 0. The van der Waals surface area contributed by atoms with Crippen molar-refractivity contribution >= 4 is 23.7 Å². The summed E-state index contributed by atoms with van der Waals surface area (Å²) in [6, 6.07) is 5.54. The van der Waals surface area contributed by atoms with Gasteiger partial charge in [0.2, 0.25) is 5.95 Å². The second kappa shape index (κ2) is 8.04. The van der Waals surface area contributed by atoms with Gasteiger partial charge in [-0.3, -0.25) is 0 Å². The number of nitrogens with two attached hydrogens (primary N) is 1. The third-order valence-electron chi connectivity index (χ3n) is 5.16. The van der Waals surface area contributed by atoms with Crippen molar-refractivity contribution in [2.45, 2.75) is 32.5 Å². The van der Waals surface area contributed by atoms with E-state index in [4.69, 9.17) is 11.1 Å². The predicted octanol–water partition coefficient (Wildman–Crippen LogP) is 2.36. The molecule has 1 saturated carbocycles. The van der Waals surface area contributed by atoms with Crippen LogP contribution in [-0.2, 0) is 6.54 Å². The van der Waals surface area contributed by atoms with E-state index in [1.165, 1.54) is 25.3 Å². The normalized spacial score (nSPS) is 18.1. The number of nitrogen functional groups attached to an aromatic ring is 1. The van der Waals surface area contributed by atoms with Crippen LogP contribution in [0.5, 0.6) is 0 Å². The van der Waals surface area contributed by atoms with Gasteiger partial charge in [-0.2, -0.15) is 4.98 Å². The fourth-order valence-electron chi connectivity index (χ4n) is 3.37. The quantitative estimate of drug-likeness (QED) is 0.344. The molecule has 0 saturated heterocycles. The van der Waals surface area contributed by atoms with E-state index in [1.807, 2.05) is 30.0 Å². The topological polar surface area (TPSA) is 115 Å². The van der Waals surface area contributed by atoms with Crippen LogP contribution in [0.1, 0.15) is 30.9 Å². The number of hydrogen-bond acceptors (Lipinski definition) is 8. The summed E-state index contributed by atoms with van der Waals surface area (Å²) in [6.07, 6.45) is 6.59. The van der Waals surface area contributed by atoms with Gasteiger partial charge in [0.05, 0.1) is 6.20 Å². The Balaban J connectivity index is 1.53. The number of allylic oxidation sites excluding steroid dienone is 1. The molecule has 8 nitrogen and oxygen atoms in total. The Kier molecular flexibility index (Phi) is 5.30. The number of halogens is 1. The maximum Gasteiger partial charge on any atom is 0.227 e. The molecule has 2 aromatic rings. The average Bonchev–Trinajstić information content (AvgIpc) is 3.47. The van der Waals surface area contributed by atoms with Gasteiger partial charge < -0.3 is 26.8 Å². The molecule has 29 heavy (non-hydrogen) atoms. The van der Waals surface area contributed by atoms with Crippen LogP contribution in [-0.4, -0.2) is 28.9 Å². The zero-order chi connectivity index (χ0) is 20.4. The molecule has 152 valence electrons. The lowest BCUT2D eigenvalue weighted by Crippen LogP contribution is -2.37. The molecule has 1 aliphatic heterocycles. The zero-order valence-corrected chi connectivity index (χ0v) is 16.2. The van der Waals surface area contributed by atoms with Crippen molar-refractivity contribution in [2.24, 2.45) is 5.92 Å². The zero-order valence-electron chi connectivity index (χ0n) is 16.2. The van der Waals surface area contributed by atoms with Gasteiger partial charge in [0.25, 0.3) is 0 Å². The molecule has 1 atom stereocenters. The second-order valence-electron chi connectivity index (χ2n) is 7.23. The molecule has 0 bridgehead atoms. The van der Waals surface area contributed by atoms with E-state index in [2.05, 4.69) is 26.1 Å². The summed E-state index contributed by atoms with van der Waals surface area (Å²) in [5.41, 5.74) is 15.5. The molecular formula is C20H25FN8. The van der Waals surface area contributed by atoms with Gasteiger partial charge in [-0.25, -0.2) is 14.8 Å². The molecule has 4 rings (SSSR count). The molecule has 0 radical (unpaired) electrons. The van der Waals surface area contributed by atoms with Crippen LogP contribution in [0.3, 0.4) is 0 Å². The first-order valence-corrected chi connectivity index (χ1v) is 9.74. The summed E-state index contributed by atoms with van der Waals surface area (Å²) in [6.45, 7) is 3.06. The van der Waals surface area contributed by atoms with Crippen molar-refractivity contribution in [1.29, 1.82) is 5.41 Å². The third kappa shape index (κ3) is 4.14. The standard InChI is InChI=1S/C20H25FN8/c1-2-29(11-13-4-3-5-16(23)14(13)9-22)20-24-10-15(21)19(26-20)25-18-8-17(27-28-18)12-6-7-12/h3-5,8-10,12,18,22,27-28H,2,6-7,11,23H2,1H3,(H,24,25,26). The Hall–Kier alpha value is -3.20. The number of rotatable bonds is 8. The van der Waals surface area contributed by atoms with E-state index in [9.17, 15) is 4.39 Å². The van der Waals surface area contributed by atoms with Crippen molar-refractivity contribution in [1.82, 2.24) is 20.8 Å². The number of nitrogens with one attached hydrogen (secondary N) is 4. The summed E-state index contributed by atoms with van der Waals surface area (Å²) < 4.78 is 14.3. The average molecular weight is 396 g/mol. The summed E-state index contributed by atoms with van der Waals surface area (Å²) in [5.74, 6) is 0.619. The Labute approximate surface area is 168 Å². The highest BCUT2D eigenvalue weighted by atomic mass is 19.1. The Morgan fingerprint density at radius 3 is 2.97 bits per heavy atom. The predicted molar refractivity (Wildman–Crippen MR) is 112 cm³/mol. The van der Waals surface area contributed by atoms with E-state index in [-0.39, 0.29) is 12.0 Å². The fraction of sp³-hybridized carbons (Fsp3) is 0.350. The molecule has 1 unspecified atom stereocenters. The lowest BCUT2D eigenvalue weighted by atomic mass is 10.1. The Morgan fingerprint density at radius 1 is 1.41 bits per heavy atom. The van der Waals surface area contributed by atoms with Gasteiger partial charge in [-0.15, -0.1) is 0 Å². The molecule has 1 aliphatic carbocycles. The largest absolute Gasteiger partial charge is 0.398 e. The Morgan fingerprint density at radius 2 is 2.24 bits per heavy atom. The minimum absolute atomic E-state index is 0.140. The van der Waals surface area contributed by atoms with Crippen LogP contribution < -0.4 is 26.8 Å². The lowest BCUT2D eigenvalue weighted by Gasteiger charge is -2.23. The summed E-state index contributed by atoms with van der Waals surface area (Å²) in [5, 5.41) is 10.7. The minimum atomic E-state index is -0.510. The molecule has 1 aromatic heterocycles. The smallest absolute Gasteiger partial charge is 0.227 e. The summed E-state index contributed by atoms with van der Waals surface area (Å²) in [4.78, 5) is 10.5. The van der Waals surface area contributed by atoms with E-state index in [0.29, 0.717) is 36.2 Å². The van der Waals surface area contributed by atoms with Crippen molar-refractivity contribution < 1.29 is 4.39 Å². The van der Waals surface area contributed by atoms with E-state index in [1.54, 1.807) is 6.07 Å². The van der Waals surface area contributed by atoms with Crippen molar-refractivity contribution in [3.63, 3.8) is 0 Å². The third-order valence-corrected chi connectivity index (χ3v) is 5.16. The summed E-state index contributed by atoms with van der Waals surface area (Å²) in [7, 11) is 0. The van der Waals surface area contributed by atoms with Crippen molar-refractivity contribution in [3.8, 4) is 0 Å². The van der Waals surface area contributed by atoms with Gasteiger partial charge in [0, 0.05) is 36.3 Å². The number of anilines is 3. The first kappa shape index (κ1) is 19.1. The SMILES string of the molecule is CCN(Cc1cccc(N)c1C=N)c1ncc(F)c(NC2C=C(C3CC3)NN2)n1. The highest BCUT2D eigenvalue weighted by molar-refractivity contribution is 5.87. The molecule has 1 fully saturated rings. The number of benzene rings is 1. The van der Waals surface area contributed by atoms with Crippen molar-refractivity contribution in [2.75, 3.05) is 22.5 Å². The monoisotopic (exact) mass is 396 g/mol. The lowest BCUT2D eigenvalue weighted by molar-refractivity contribution is 0.582. The highest BCUT2D eigenvalue weighted by Gasteiger charge is 2.30. The van der Waals surface area contributed by atoms with Crippen molar-refractivity contribution in [3.05, 3.63) is 53.1 Å². The van der Waals surface area contributed by atoms with Crippen LogP contribution in [0.4, 0.5) is 21.8 Å². The molecule has 2 heterocycles. The van der Waals surface area contributed by atoms with Gasteiger partial charge in [0.15, 0.2) is 11.6 Å². The van der Waals surface area contributed by atoms with Crippen LogP contribution in [0.2, 0.25) is 0 Å². The maximum absolute atomic E-state index is 14.3. The maximum atomic E-state index is 14.3. The van der Waals surface area contributed by atoms with E-state index in [0.717, 1.165) is 11.3 Å². The molecule has 1 aromatic carbocycles. The molecule has 0 spiro atoms. The number of hydrogen-bond donors (Lipinski definition) is 5. The number of hydrazine groups is 1. The van der Waals surface area contributed by atoms with Gasteiger partial charge in [-0.05, 0) is 43.4 Å². The second-order valence-corrected chi connectivity index (χ2v) is 7.23. The molecule has 9 heteroatoms. The van der Waals surface area contributed by atoms with E-state index < -0.39 is 5.82 Å². The van der Waals surface area contributed by atoms with Crippen LogP contribution >= 0.6 is 0 Å². The number of aromatic nitrogens is 2. The van der Waals surface area contributed by atoms with Crippen LogP contribution in [0.25, 0.3) is 0 Å². The highest BCUT2D eigenvalue weighted by Crippen LogP contribution is 2.36. The molecule has 0 amide bonds. The fourth-order valence-corrected chi connectivity index (χ4v) is 3.37. The minimum Gasteiger partial charge on any atom is -0.398 e. The van der Waals surface area contributed by atoms with Gasteiger partial charge in [0.1, 0.15) is 6.17 Å². The number of nitrogens with zero attached hydrogens (tertiary/aromatic N) is 3. The van der Waals surface area contributed by atoms with Gasteiger partial charge >= 0.3 is 0 Å². The van der Waals surface area contributed by atoms with Crippen LogP contribution in [0, 0.1) is 17.1 Å². The first-order chi connectivity index (χ1) is 14.1. The molecular weight excluding hydrogens is 371 g/mol. The molecule has 2 aliphatic rings. The van der Waals surface area contributed by atoms with Gasteiger partial charge in [-0.1, -0.05) is 12.1 Å². The van der Waals surface area contributed by atoms with Crippen LogP contribution in [0.15, 0.2) is 36.2 Å². The first-order valence-electron chi connectivity index (χ1n) is 9.74.